The van der Waals surface area contributed by atoms with E-state index in [0.717, 1.165) is 5.56 Å². The van der Waals surface area contributed by atoms with Crippen LogP contribution in [0.15, 0.2) is 52.2 Å². The average molecular weight is 320 g/mol. The summed E-state index contributed by atoms with van der Waals surface area (Å²) in [4.78, 5) is 23.6. The highest BCUT2D eigenvalue weighted by molar-refractivity contribution is 7.90. The van der Waals surface area contributed by atoms with E-state index in [9.17, 15) is 18.0 Å². The second kappa shape index (κ2) is 6.15. The van der Waals surface area contributed by atoms with Crippen LogP contribution in [0.3, 0.4) is 0 Å². The zero-order chi connectivity index (χ0) is 16.3. The van der Waals surface area contributed by atoms with Crippen molar-refractivity contribution in [1.29, 1.82) is 0 Å². The Bertz CT molecular complexity index is 852. The highest BCUT2D eigenvalue weighted by atomic mass is 32.2. The van der Waals surface area contributed by atoms with Crippen molar-refractivity contribution in [3.8, 4) is 0 Å². The number of aryl methyl sites for hydroxylation is 2. The van der Waals surface area contributed by atoms with Crippen LogP contribution in [0.4, 0.5) is 0 Å². The number of benzene rings is 1. The number of hydrogen-bond acceptors (Lipinski definition) is 4. The fourth-order valence-electron chi connectivity index (χ4n) is 1.93. The molecule has 0 aliphatic heterocycles. The molecule has 7 heteroatoms. The summed E-state index contributed by atoms with van der Waals surface area (Å²) in [5.41, 5.74) is 1.13. The molecule has 1 N–H and O–H groups in total. The van der Waals surface area contributed by atoms with Gasteiger partial charge in [0.15, 0.2) is 0 Å². The third-order valence-corrected chi connectivity index (χ3v) is 4.54. The Labute approximate surface area is 128 Å². The molecule has 0 fully saturated rings. The van der Waals surface area contributed by atoms with E-state index in [2.05, 4.69) is 0 Å². The van der Waals surface area contributed by atoms with Gasteiger partial charge in [-0.2, -0.15) is 0 Å². The number of hydrogen-bond donors (Lipinski definition) is 1. The number of rotatable bonds is 4. The first-order valence-corrected chi connectivity index (χ1v) is 8.07. The largest absolute Gasteiger partial charge is 0.304 e. The molecule has 0 aliphatic rings. The minimum Gasteiger partial charge on any atom is -0.304 e. The number of aromatic nitrogens is 1. The number of sulfonamides is 1. The molecule has 1 aromatic carbocycles. The third kappa shape index (κ3) is 3.62. The van der Waals surface area contributed by atoms with E-state index < -0.39 is 15.9 Å². The monoisotopic (exact) mass is 320 g/mol. The van der Waals surface area contributed by atoms with Crippen molar-refractivity contribution in [3.05, 3.63) is 64.1 Å². The first-order chi connectivity index (χ1) is 10.3. The summed E-state index contributed by atoms with van der Waals surface area (Å²) in [5, 5.41) is 0. The maximum atomic E-state index is 12.1. The number of amides is 1. The molecule has 0 saturated heterocycles. The summed E-state index contributed by atoms with van der Waals surface area (Å²) >= 11 is 0. The topological polar surface area (TPSA) is 85.2 Å². The molecule has 0 unspecified atom stereocenters. The van der Waals surface area contributed by atoms with Gasteiger partial charge in [0.25, 0.3) is 21.5 Å². The minimum absolute atomic E-state index is 0.00332. The molecule has 6 nitrogen and oxygen atoms in total. The van der Waals surface area contributed by atoms with E-state index in [1.165, 1.54) is 22.8 Å². The van der Waals surface area contributed by atoms with Crippen LogP contribution >= 0.6 is 0 Å². The molecule has 2 aromatic rings. The Morgan fingerprint density at radius 2 is 1.73 bits per heavy atom. The van der Waals surface area contributed by atoms with Crippen molar-refractivity contribution in [2.45, 2.75) is 25.3 Å². The lowest BCUT2D eigenvalue weighted by Crippen LogP contribution is -2.36. The fraction of sp³-hybridized carbons (Fsp3) is 0.200. The van der Waals surface area contributed by atoms with Crippen LogP contribution in [0.2, 0.25) is 0 Å². The standard InChI is InChI=1S/C15H16N2O4S/c1-11-6-8-13(9-7-11)22(20,21)16-14(18)10-17-12(2)4-3-5-15(17)19/h3-9H,10H2,1-2H3,(H,16,18). The lowest BCUT2D eigenvalue weighted by molar-refractivity contribution is -0.120. The molecule has 22 heavy (non-hydrogen) atoms. The number of pyridine rings is 1. The van der Waals surface area contributed by atoms with Crippen molar-refractivity contribution < 1.29 is 13.2 Å². The van der Waals surface area contributed by atoms with Crippen molar-refractivity contribution in [3.63, 3.8) is 0 Å². The first kappa shape index (κ1) is 16.0. The van der Waals surface area contributed by atoms with Gasteiger partial charge in [0.05, 0.1) is 4.90 Å². The van der Waals surface area contributed by atoms with Gasteiger partial charge in [-0.3, -0.25) is 9.59 Å². The van der Waals surface area contributed by atoms with E-state index in [-0.39, 0.29) is 17.0 Å². The van der Waals surface area contributed by atoms with Gasteiger partial charge in [0.2, 0.25) is 0 Å². The van der Waals surface area contributed by atoms with E-state index in [0.29, 0.717) is 5.69 Å². The van der Waals surface area contributed by atoms with Gasteiger partial charge in [-0.1, -0.05) is 23.8 Å². The lowest BCUT2D eigenvalue weighted by Gasteiger charge is -2.10. The normalized spacial score (nSPS) is 11.2. The Balaban J connectivity index is 2.18. The summed E-state index contributed by atoms with van der Waals surface area (Å²) < 4.78 is 27.4. The molecule has 0 saturated carbocycles. The maximum Gasteiger partial charge on any atom is 0.264 e. The molecule has 0 spiro atoms. The van der Waals surface area contributed by atoms with Crippen LogP contribution in [-0.4, -0.2) is 18.9 Å². The summed E-state index contributed by atoms with van der Waals surface area (Å²) in [6.45, 7) is 3.15. The van der Waals surface area contributed by atoms with Crippen LogP contribution in [0.25, 0.3) is 0 Å². The molecule has 1 heterocycles. The fourth-order valence-corrected chi connectivity index (χ4v) is 2.90. The predicted molar refractivity (Wildman–Crippen MR) is 81.9 cm³/mol. The Morgan fingerprint density at radius 1 is 1.09 bits per heavy atom. The summed E-state index contributed by atoms with van der Waals surface area (Å²) in [7, 11) is -3.94. The molecule has 0 atom stereocenters. The first-order valence-electron chi connectivity index (χ1n) is 6.58. The maximum absolute atomic E-state index is 12.1. The van der Waals surface area contributed by atoms with E-state index >= 15 is 0 Å². The zero-order valence-corrected chi connectivity index (χ0v) is 13.1. The van der Waals surface area contributed by atoms with E-state index in [4.69, 9.17) is 0 Å². The summed E-state index contributed by atoms with van der Waals surface area (Å²) in [6.07, 6.45) is 0. The number of nitrogens with one attached hydrogen (secondary N) is 1. The van der Waals surface area contributed by atoms with Gasteiger partial charge in [-0.15, -0.1) is 0 Å². The molecular formula is C15H16N2O4S. The molecule has 0 bridgehead atoms. The molecule has 0 aliphatic carbocycles. The summed E-state index contributed by atoms with van der Waals surface area (Å²) in [5.74, 6) is -0.767. The van der Waals surface area contributed by atoms with E-state index in [1.807, 2.05) is 11.6 Å². The molecule has 1 amide bonds. The Morgan fingerprint density at radius 3 is 2.32 bits per heavy atom. The molecule has 116 valence electrons. The van der Waals surface area contributed by atoms with Crippen LogP contribution in [0.5, 0.6) is 0 Å². The quantitative estimate of drug-likeness (QED) is 0.909. The van der Waals surface area contributed by atoms with Crippen LogP contribution in [0, 0.1) is 13.8 Å². The molecule has 1 aromatic heterocycles. The average Bonchev–Trinajstić information content (AvgIpc) is 2.43. The Kier molecular flexibility index (Phi) is 4.46. The second-order valence-electron chi connectivity index (χ2n) is 4.93. The number of carbonyl (C=O) groups is 1. The highest BCUT2D eigenvalue weighted by Gasteiger charge is 2.18. The molecular weight excluding hydrogens is 304 g/mol. The summed E-state index contributed by atoms with van der Waals surface area (Å²) in [6, 6.07) is 10.7. The van der Waals surface area contributed by atoms with E-state index in [1.54, 1.807) is 31.2 Å². The zero-order valence-electron chi connectivity index (χ0n) is 12.2. The van der Waals surface area contributed by atoms with Crippen molar-refractivity contribution in [1.82, 2.24) is 9.29 Å². The molecule has 2 rings (SSSR count). The number of nitrogens with zero attached hydrogens (tertiary/aromatic N) is 1. The van der Waals surface area contributed by atoms with Gasteiger partial charge >= 0.3 is 0 Å². The van der Waals surface area contributed by atoms with Gasteiger partial charge in [-0.25, -0.2) is 13.1 Å². The smallest absolute Gasteiger partial charge is 0.264 e. The van der Waals surface area contributed by atoms with Gasteiger partial charge in [0.1, 0.15) is 6.54 Å². The predicted octanol–water partition coefficient (Wildman–Crippen LogP) is 0.970. The Hall–Kier alpha value is -2.41. The van der Waals surface area contributed by atoms with Crippen molar-refractivity contribution in [2.75, 3.05) is 0 Å². The van der Waals surface area contributed by atoms with Crippen molar-refractivity contribution in [2.24, 2.45) is 0 Å². The van der Waals surface area contributed by atoms with Gasteiger partial charge in [0, 0.05) is 11.8 Å². The van der Waals surface area contributed by atoms with Crippen LogP contribution in [-0.2, 0) is 21.4 Å². The third-order valence-electron chi connectivity index (χ3n) is 3.15. The molecule has 0 radical (unpaired) electrons. The second-order valence-corrected chi connectivity index (χ2v) is 6.62. The van der Waals surface area contributed by atoms with Crippen LogP contribution < -0.4 is 10.3 Å². The van der Waals surface area contributed by atoms with Gasteiger partial charge < -0.3 is 4.57 Å². The van der Waals surface area contributed by atoms with Gasteiger partial charge in [-0.05, 0) is 32.0 Å². The van der Waals surface area contributed by atoms with Crippen molar-refractivity contribution >= 4 is 15.9 Å². The highest BCUT2D eigenvalue weighted by Crippen LogP contribution is 2.09. The minimum atomic E-state index is -3.94. The van der Waals surface area contributed by atoms with Crippen LogP contribution in [0.1, 0.15) is 11.3 Å². The SMILES string of the molecule is Cc1ccc(S(=O)(=O)NC(=O)Cn2c(C)cccc2=O)cc1. The number of carbonyl (C=O) groups excluding carboxylic acids is 1. The lowest BCUT2D eigenvalue weighted by atomic mass is 10.2.